The van der Waals surface area contributed by atoms with Crippen LogP contribution in [0.5, 0.6) is 0 Å². The number of halogens is 2. The number of nitrogens with zero attached hydrogens (tertiary/aromatic N) is 3. The minimum Gasteiger partial charge on any atom is -0.481 e. The maximum absolute atomic E-state index is 14.3. The van der Waals surface area contributed by atoms with Gasteiger partial charge < -0.3 is 15.4 Å². The number of carboxylic acid groups (broad SMARTS) is 1. The first-order valence-electron chi connectivity index (χ1n) is 8.29. The van der Waals surface area contributed by atoms with Gasteiger partial charge in [-0.15, -0.1) is 0 Å². The average Bonchev–Trinajstić information content (AvgIpc) is 2.98. The first-order chi connectivity index (χ1) is 12.6. The van der Waals surface area contributed by atoms with E-state index in [1.165, 1.54) is 12.3 Å². The Hall–Kier alpha value is -2.74. The Morgan fingerprint density at radius 2 is 2.11 bits per heavy atom. The summed E-state index contributed by atoms with van der Waals surface area (Å²) in [7, 11) is 0. The van der Waals surface area contributed by atoms with Gasteiger partial charge in [-0.1, -0.05) is 32.4 Å². The zero-order valence-electron chi connectivity index (χ0n) is 15.0. The highest BCUT2D eigenvalue weighted by molar-refractivity contribution is 6.29. The number of H-pyrrole nitrogens is 1. The van der Waals surface area contributed by atoms with Crippen LogP contribution >= 0.6 is 11.6 Å². The molecule has 0 aliphatic rings. The summed E-state index contributed by atoms with van der Waals surface area (Å²) in [5.74, 6) is -1.53. The Labute approximate surface area is 160 Å². The van der Waals surface area contributed by atoms with Crippen LogP contribution in [0.4, 0.5) is 10.1 Å². The predicted octanol–water partition coefficient (Wildman–Crippen LogP) is 4.11. The molecular weight excluding hydrogens is 373 g/mol. The van der Waals surface area contributed by atoms with Crippen molar-refractivity contribution in [2.45, 2.75) is 33.2 Å². The molecule has 0 fully saturated rings. The molecule has 3 heterocycles. The molecule has 9 heteroatoms. The Morgan fingerprint density at radius 3 is 2.78 bits per heavy atom. The lowest BCUT2D eigenvalue weighted by molar-refractivity contribution is -0.137. The molecule has 1 atom stereocenters. The van der Waals surface area contributed by atoms with Crippen molar-refractivity contribution < 1.29 is 14.3 Å². The van der Waals surface area contributed by atoms with Gasteiger partial charge in [-0.2, -0.15) is 0 Å². The maximum atomic E-state index is 14.3. The van der Waals surface area contributed by atoms with Crippen molar-refractivity contribution in [3.63, 3.8) is 0 Å². The predicted molar refractivity (Wildman–Crippen MR) is 101 cm³/mol. The van der Waals surface area contributed by atoms with Crippen molar-refractivity contribution in [2.75, 3.05) is 5.32 Å². The van der Waals surface area contributed by atoms with E-state index in [0.29, 0.717) is 22.4 Å². The summed E-state index contributed by atoms with van der Waals surface area (Å²) in [6.07, 6.45) is 4.04. The largest absolute Gasteiger partial charge is 0.481 e. The first kappa shape index (κ1) is 19.0. The molecule has 0 spiro atoms. The Balaban J connectivity index is 2.01. The highest BCUT2D eigenvalue weighted by Gasteiger charge is 2.28. The summed E-state index contributed by atoms with van der Waals surface area (Å²) in [6, 6.07) is 1.05. The van der Waals surface area contributed by atoms with Gasteiger partial charge in [-0.3, -0.25) is 9.78 Å². The fourth-order valence-electron chi connectivity index (χ4n) is 2.70. The quantitative estimate of drug-likeness (QED) is 0.604. The van der Waals surface area contributed by atoms with Gasteiger partial charge >= 0.3 is 5.97 Å². The van der Waals surface area contributed by atoms with Crippen LogP contribution in [-0.4, -0.2) is 37.1 Å². The van der Waals surface area contributed by atoms with E-state index in [2.05, 4.69) is 25.3 Å². The summed E-state index contributed by atoms with van der Waals surface area (Å²) in [4.78, 5) is 26.7. The summed E-state index contributed by atoms with van der Waals surface area (Å²) in [5, 5.41) is 12.4. The molecule has 1 unspecified atom stereocenters. The molecule has 0 aliphatic carbocycles. The second-order valence-electron chi connectivity index (χ2n) is 7.30. The highest BCUT2D eigenvalue weighted by atomic mass is 35.5. The summed E-state index contributed by atoms with van der Waals surface area (Å²) in [5.41, 5.74) is 1.91. The lowest BCUT2D eigenvalue weighted by Crippen LogP contribution is -2.36. The van der Waals surface area contributed by atoms with Gasteiger partial charge in [0, 0.05) is 17.8 Å². The molecule has 0 aromatic carbocycles. The zero-order chi connectivity index (χ0) is 19.8. The normalized spacial score (nSPS) is 12.9. The number of carbonyl (C=O) groups is 1. The van der Waals surface area contributed by atoms with Crippen LogP contribution in [0.1, 0.15) is 27.2 Å². The van der Waals surface area contributed by atoms with Crippen LogP contribution < -0.4 is 5.32 Å². The molecule has 0 amide bonds. The molecule has 0 radical (unpaired) electrons. The molecule has 3 aromatic heterocycles. The van der Waals surface area contributed by atoms with Gasteiger partial charge in [0.2, 0.25) is 0 Å². The number of aliphatic carboxylic acids is 1. The number of anilines is 1. The van der Waals surface area contributed by atoms with E-state index >= 15 is 0 Å². The van der Waals surface area contributed by atoms with E-state index in [1.807, 2.05) is 20.8 Å². The minimum absolute atomic E-state index is 0.144. The van der Waals surface area contributed by atoms with E-state index in [4.69, 9.17) is 16.7 Å². The van der Waals surface area contributed by atoms with E-state index < -0.39 is 23.2 Å². The van der Waals surface area contributed by atoms with Crippen molar-refractivity contribution in [2.24, 2.45) is 5.41 Å². The molecule has 0 aliphatic heterocycles. The number of carboxylic acids is 1. The number of nitrogens with one attached hydrogen (secondary N) is 2. The van der Waals surface area contributed by atoms with E-state index in [-0.39, 0.29) is 17.3 Å². The number of aromatic amines is 1. The second kappa shape index (κ2) is 7.11. The van der Waals surface area contributed by atoms with Crippen molar-refractivity contribution in [1.29, 1.82) is 0 Å². The molecule has 7 nitrogen and oxygen atoms in total. The second-order valence-corrected chi connectivity index (χ2v) is 7.69. The standard InChI is InChI=1S/C18H19ClFN5O2/c1-18(2,3)13(5-15(26)27)24-12-4-11(21-7-10(12)20)9-6-22-17-16(9)25-14(19)8-23-17/h4,6-8,13H,5H2,1-3H3,(H,21,24)(H,22,23)(H,26,27). The maximum Gasteiger partial charge on any atom is 0.305 e. The molecule has 0 bridgehead atoms. The van der Waals surface area contributed by atoms with E-state index in [1.54, 1.807) is 6.20 Å². The van der Waals surface area contributed by atoms with Gasteiger partial charge in [0.15, 0.2) is 11.5 Å². The fourth-order valence-corrected chi connectivity index (χ4v) is 2.83. The molecule has 142 valence electrons. The Bertz CT molecular complexity index is 999. The third-order valence-electron chi connectivity index (χ3n) is 4.24. The Morgan fingerprint density at radius 1 is 1.37 bits per heavy atom. The topological polar surface area (TPSA) is 104 Å². The van der Waals surface area contributed by atoms with Gasteiger partial charge in [0.05, 0.1) is 30.2 Å². The number of aromatic nitrogens is 4. The molecule has 27 heavy (non-hydrogen) atoms. The fraction of sp³-hybridized carbons (Fsp3) is 0.333. The molecule has 3 aromatic rings. The van der Waals surface area contributed by atoms with Gasteiger partial charge in [0.25, 0.3) is 0 Å². The zero-order valence-corrected chi connectivity index (χ0v) is 15.8. The number of hydrogen-bond donors (Lipinski definition) is 3. The van der Waals surface area contributed by atoms with Gasteiger partial charge in [-0.05, 0) is 11.5 Å². The van der Waals surface area contributed by atoms with Crippen LogP contribution in [0.2, 0.25) is 5.15 Å². The SMILES string of the molecule is CC(C)(C)C(CC(=O)O)Nc1cc(-c2c[nH]c3ncc(Cl)nc23)ncc1F. The van der Waals surface area contributed by atoms with Crippen LogP contribution in [-0.2, 0) is 4.79 Å². The van der Waals surface area contributed by atoms with Crippen molar-refractivity contribution >= 4 is 34.4 Å². The number of fused-ring (bicyclic) bond motifs is 1. The van der Waals surface area contributed by atoms with E-state index in [0.717, 1.165) is 6.20 Å². The first-order valence-corrected chi connectivity index (χ1v) is 8.67. The minimum atomic E-state index is -0.960. The highest BCUT2D eigenvalue weighted by Crippen LogP contribution is 2.31. The Kier molecular flexibility index (Phi) is 5.01. The van der Waals surface area contributed by atoms with Gasteiger partial charge in [0.1, 0.15) is 10.7 Å². The molecule has 3 rings (SSSR count). The van der Waals surface area contributed by atoms with Crippen LogP contribution in [0, 0.1) is 11.2 Å². The monoisotopic (exact) mass is 391 g/mol. The van der Waals surface area contributed by atoms with Crippen molar-refractivity contribution in [3.8, 4) is 11.3 Å². The summed E-state index contributed by atoms with van der Waals surface area (Å²) in [6.45, 7) is 5.68. The molecule has 0 saturated heterocycles. The number of pyridine rings is 1. The summed E-state index contributed by atoms with van der Waals surface area (Å²) >= 11 is 5.92. The van der Waals surface area contributed by atoms with E-state index in [9.17, 15) is 9.18 Å². The third-order valence-corrected chi connectivity index (χ3v) is 4.42. The van der Waals surface area contributed by atoms with Crippen LogP contribution in [0.15, 0.2) is 24.7 Å². The molecule has 3 N–H and O–H groups in total. The van der Waals surface area contributed by atoms with Gasteiger partial charge in [-0.25, -0.2) is 14.4 Å². The van der Waals surface area contributed by atoms with Crippen molar-refractivity contribution in [3.05, 3.63) is 35.6 Å². The number of rotatable bonds is 5. The van der Waals surface area contributed by atoms with Crippen LogP contribution in [0.3, 0.4) is 0 Å². The smallest absolute Gasteiger partial charge is 0.305 e. The lowest BCUT2D eigenvalue weighted by Gasteiger charge is -2.31. The molecule has 0 saturated carbocycles. The molecular formula is C18H19ClFN5O2. The third kappa shape index (κ3) is 4.16. The lowest BCUT2D eigenvalue weighted by atomic mass is 9.84. The average molecular weight is 392 g/mol. The summed E-state index contributed by atoms with van der Waals surface area (Å²) < 4.78 is 14.3. The van der Waals surface area contributed by atoms with Crippen LogP contribution in [0.25, 0.3) is 22.4 Å². The number of hydrogen-bond acceptors (Lipinski definition) is 5. The van der Waals surface area contributed by atoms with Crippen molar-refractivity contribution in [1.82, 2.24) is 19.9 Å².